The van der Waals surface area contributed by atoms with Crippen LogP contribution in [0.5, 0.6) is 0 Å². The highest BCUT2D eigenvalue weighted by atomic mass is 32.2. The van der Waals surface area contributed by atoms with Crippen molar-refractivity contribution < 1.29 is 17.9 Å². The summed E-state index contributed by atoms with van der Waals surface area (Å²) in [6.45, 7) is 2.09. The average Bonchev–Trinajstić information content (AvgIpc) is 2.42. The zero-order valence-electron chi connectivity index (χ0n) is 11.7. The fourth-order valence-electron chi connectivity index (χ4n) is 1.58. The van der Waals surface area contributed by atoms with E-state index in [1.807, 2.05) is 0 Å². The number of anilines is 1. The molecule has 0 fully saturated rings. The van der Waals surface area contributed by atoms with E-state index in [1.54, 1.807) is 25.3 Å². The van der Waals surface area contributed by atoms with Crippen molar-refractivity contribution in [3.05, 3.63) is 24.3 Å². The summed E-state index contributed by atoms with van der Waals surface area (Å²) < 4.78 is 36.6. The molecule has 0 saturated heterocycles. The Bertz CT molecular complexity index is 491. The summed E-state index contributed by atoms with van der Waals surface area (Å²) in [5.74, 6) is 0. The van der Waals surface area contributed by atoms with Crippen LogP contribution in [0.25, 0.3) is 0 Å². The first-order valence-electron chi connectivity index (χ1n) is 6.49. The number of benzene rings is 1. The Labute approximate surface area is 120 Å². The Balaban J connectivity index is 2.26. The van der Waals surface area contributed by atoms with Crippen LogP contribution in [-0.4, -0.2) is 41.9 Å². The third-order valence-corrected chi connectivity index (χ3v) is 4.18. The highest BCUT2D eigenvalue weighted by Crippen LogP contribution is 2.16. The van der Waals surface area contributed by atoms with E-state index in [2.05, 4.69) is 4.72 Å². The molecule has 1 aromatic rings. The van der Waals surface area contributed by atoms with Gasteiger partial charge in [-0.3, -0.25) is 0 Å². The third-order valence-electron chi connectivity index (χ3n) is 2.65. The Hall–Kier alpha value is -1.15. The summed E-state index contributed by atoms with van der Waals surface area (Å²) in [5, 5.41) is 0. The predicted octanol–water partition coefficient (Wildman–Crippen LogP) is 0.990. The van der Waals surface area contributed by atoms with Gasteiger partial charge in [-0.25, -0.2) is 13.1 Å². The van der Waals surface area contributed by atoms with Crippen molar-refractivity contribution in [2.45, 2.75) is 17.7 Å². The summed E-state index contributed by atoms with van der Waals surface area (Å²) >= 11 is 0. The lowest BCUT2D eigenvalue weighted by Crippen LogP contribution is -2.25. The number of nitrogen functional groups attached to an aromatic ring is 1. The first-order valence-corrected chi connectivity index (χ1v) is 7.97. The van der Waals surface area contributed by atoms with Crippen LogP contribution in [-0.2, 0) is 19.5 Å². The van der Waals surface area contributed by atoms with Crippen molar-refractivity contribution in [3.63, 3.8) is 0 Å². The minimum atomic E-state index is -3.53. The van der Waals surface area contributed by atoms with E-state index < -0.39 is 10.0 Å². The lowest BCUT2D eigenvalue weighted by atomic mass is 10.3. The molecule has 0 unspecified atom stereocenters. The fourth-order valence-corrected chi connectivity index (χ4v) is 2.79. The van der Waals surface area contributed by atoms with Crippen molar-refractivity contribution >= 4 is 15.7 Å². The van der Waals surface area contributed by atoms with Crippen LogP contribution in [0.3, 0.4) is 0 Å². The van der Waals surface area contributed by atoms with Crippen LogP contribution in [0, 0.1) is 0 Å². The number of para-hydroxylation sites is 1. The molecule has 0 amide bonds. The maximum atomic E-state index is 12.0. The van der Waals surface area contributed by atoms with Gasteiger partial charge in [-0.2, -0.15) is 0 Å². The van der Waals surface area contributed by atoms with Gasteiger partial charge in [0, 0.05) is 20.3 Å². The molecule has 0 heterocycles. The van der Waals surface area contributed by atoms with E-state index in [9.17, 15) is 8.42 Å². The maximum Gasteiger partial charge on any atom is 0.242 e. The van der Waals surface area contributed by atoms with Gasteiger partial charge in [0.15, 0.2) is 0 Å². The fraction of sp³-hybridized carbons (Fsp3) is 0.538. The van der Waals surface area contributed by atoms with Crippen LogP contribution >= 0.6 is 0 Å². The summed E-state index contributed by atoms with van der Waals surface area (Å²) in [6, 6.07) is 6.41. The van der Waals surface area contributed by atoms with Crippen LogP contribution in [0.15, 0.2) is 29.2 Å². The Kier molecular flexibility index (Phi) is 7.53. The summed E-state index contributed by atoms with van der Waals surface area (Å²) in [7, 11) is -1.91. The second kappa shape index (κ2) is 8.91. The first-order chi connectivity index (χ1) is 9.58. The average molecular weight is 302 g/mol. The van der Waals surface area contributed by atoms with Crippen molar-refractivity contribution in [2.75, 3.05) is 39.2 Å². The Morgan fingerprint density at radius 3 is 2.60 bits per heavy atom. The molecule has 20 heavy (non-hydrogen) atoms. The third kappa shape index (κ3) is 5.87. The molecule has 6 nitrogen and oxygen atoms in total. The van der Waals surface area contributed by atoms with E-state index in [4.69, 9.17) is 15.2 Å². The van der Waals surface area contributed by atoms with Crippen LogP contribution in [0.4, 0.5) is 5.69 Å². The van der Waals surface area contributed by atoms with Crippen molar-refractivity contribution in [2.24, 2.45) is 0 Å². The van der Waals surface area contributed by atoms with Crippen molar-refractivity contribution in [1.82, 2.24) is 4.72 Å². The van der Waals surface area contributed by atoms with Crippen LogP contribution in [0.2, 0.25) is 0 Å². The molecule has 0 atom stereocenters. The number of rotatable bonds is 10. The lowest BCUT2D eigenvalue weighted by Gasteiger charge is -2.09. The smallest absolute Gasteiger partial charge is 0.242 e. The van der Waals surface area contributed by atoms with E-state index in [-0.39, 0.29) is 10.6 Å². The molecule has 0 spiro atoms. The SMILES string of the molecule is COCCOCCCCNS(=O)(=O)c1ccccc1N. The number of unbranched alkanes of at least 4 members (excludes halogenated alkanes) is 1. The molecule has 3 N–H and O–H groups in total. The molecule has 1 rings (SSSR count). The van der Waals surface area contributed by atoms with Crippen LogP contribution < -0.4 is 10.5 Å². The lowest BCUT2D eigenvalue weighted by molar-refractivity contribution is 0.0689. The Morgan fingerprint density at radius 1 is 1.15 bits per heavy atom. The zero-order valence-corrected chi connectivity index (χ0v) is 12.5. The van der Waals surface area contributed by atoms with Gasteiger partial charge in [0.1, 0.15) is 4.90 Å². The van der Waals surface area contributed by atoms with E-state index in [1.165, 1.54) is 6.07 Å². The summed E-state index contributed by atoms with van der Waals surface area (Å²) in [6.07, 6.45) is 1.50. The highest BCUT2D eigenvalue weighted by Gasteiger charge is 2.15. The molecular weight excluding hydrogens is 280 g/mol. The molecule has 7 heteroatoms. The molecule has 0 aliphatic heterocycles. The molecule has 0 saturated carbocycles. The molecule has 0 radical (unpaired) electrons. The number of methoxy groups -OCH3 is 1. The van der Waals surface area contributed by atoms with E-state index in [0.717, 1.165) is 6.42 Å². The predicted molar refractivity (Wildman–Crippen MR) is 78.0 cm³/mol. The van der Waals surface area contributed by atoms with Gasteiger partial charge in [0.25, 0.3) is 0 Å². The maximum absolute atomic E-state index is 12.0. The van der Waals surface area contributed by atoms with Gasteiger partial charge in [0.05, 0.1) is 18.9 Å². The molecular formula is C13H22N2O4S. The summed E-state index contributed by atoms with van der Waals surface area (Å²) in [4.78, 5) is 0.122. The summed E-state index contributed by atoms with van der Waals surface area (Å²) in [5.41, 5.74) is 5.91. The van der Waals surface area contributed by atoms with Gasteiger partial charge in [-0.1, -0.05) is 12.1 Å². The number of hydrogen-bond donors (Lipinski definition) is 2. The van der Waals surface area contributed by atoms with Gasteiger partial charge < -0.3 is 15.2 Å². The van der Waals surface area contributed by atoms with Gasteiger partial charge in [-0.05, 0) is 25.0 Å². The second-order valence-corrected chi connectivity index (χ2v) is 5.98. The van der Waals surface area contributed by atoms with Gasteiger partial charge >= 0.3 is 0 Å². The molecule has 0 aliphatic rings. The largest absolute Gasteiger partial charge is 0.398 e. The van der Waals surface area contributed by atoms with E-state index in [0.29, 0.717) is 32.8 Å². The van der Waals surface area contributed by atoms with Gasteiger partial charge in [0.2, 0.25) is 10.0 Å². The number of nitrogens with two attached hydrogens (primary N) is 1. The topological polar surface area (TPSA) is 90.6 Å². The molecule has 0 aliphatic carbocycles. The normalized spacial score (nSPS) is 11.7. The standard InChI is InChI=1S/C13H22N2O4S/c1-18-10-11-19-9-5-4-8-15-20(16,17)13-7-3-2-6-12(13)14/h2-3,6-7,15H,4-5,8-11,14H2,1H3. The Morgan fingerprint density at radius 2 is 1.90 bits per heavy atom. The minimum Gasteiger partial charge on any atom is -0.398 e. The molecule has 114 valence electrons. The first kappa shape index (κ1) is 16.9. The molecule has 0 aromatic heterocycles. The zero-order chi connectivity index (χ0) is 14.8. The quantitative estimate of drug-likeness (QED) is 0.497. The number of sulfonamides is 1. The minimum absolute atomic E-state index is 0.122. The second-order valence-electron chi connectivity index (χ2n) is 4.25. The number of ether oxygens (including phenoxy) is 2. The van der Waals surface area contributed by atoms with Crippen molar-refractivity contribution in [1.29, 1.82) is 0 Å². The van der Waals surface area contributed by atoms with E-state index >= 15 is 0 Å². The van der Waals surface area contributed by atoms with Crippen LogP contribution in [0.1, 0.15) is 12.8 Å². The van der Waals surface area contributed by atoms with Gasteiger partial charge in [-0.15, -0.1) is 0 Å². The molecule has 1 aromatic carbocycles. The highest BCUT2D eigenvalue weighted by molar-refractivity contribution is 7.89. The number of hydrogen-bond acceptors (Lipinski definition) is 5. The molecule has 0 bridgehead atoms. The van der Waals surface area contributed by atoms with Crippen molar-refractivity contribution in [3.8, 4) is 0 Å². The number of nitrogens with one attached hydrogen (secondary N) is 1. The monoisotopic (exact) mass is 302 g/mol.